The Balaban J connectivity index is 0.000000258. The first-order valence-corrected chi connectivity index (χ1v) is 9.15. The van der Waals surface area contributed by atoms with E-state index in [2.05, 4.69) is 35.4 Å². The fourth-order valence-electron chi connectivity index (χ4n) is 4.00. The van der Waals surface area contributed by atoms with Gasteiger partial charge in [-0.3, -0.25) is 4.90 Å². The van der Waals surface area contributed by atoms with Crippen LogP contribution in [0.15, 0.2) is 30.6 Å². The molecule has 1 atom stereocenters. The van der Waals surface area contributed by atoms with E-state index in [1.54, 1.807) is 14.2 Å². The molecule has 1 aliphatic carbocycles. The number of rotatable bonds is 4. The van der Waals surface area contributed by atoms with E-state index in [0.717, 1.165) is 30.9 Å². The number of likely N-dealkylation sites (N-methyl/N-ethyl adjacent to an activating group) is 1. The Morgan fingerprint density at radius 2 is 1.83 bits per heavy atom. The Bertz CT molecular complexity index is 946. The minimum Gasteiger partial charge on any atom is -0.493 e. The maximum atomic E-state index is 9.55. The second kappa shape index (κ2) is 8.40. The summed E-state index contributed by atoms with van der Waals surface area (Å²) in [6, 6.07) is 2.60. The lowest BCUT2D eigenvalue weighted by Crippen LogP contribution is -2.35. The van der Waals surface area contributed by atoms with Crippen molar-refractivity contribution >= 4 is 11.9 Å². The largest absolute Gasteiger partial charge is 0.493 e. The second-order valence-electron chi connectivity index (χ2n) is 6.91. The van der Waals surface area contributed by atoms with Crippen molar-refractivity contribution < 1.29 is 29.3 Å². The first kappa shape index (κ1) is 20.5. The lowest BCUT2D eigenvalue weighted by molar-refractivity contribution is -0.134. The van der Waals surface area contributed by atoms with E-state index in [4.69, 9.17) is 19.7 Å². The minimum absolute atomic E-state index is 0.437. The van der Waals surface area contributed by atoms with Gasteiger partial charge in [0.1, 0.15) is 0 Å². The average molecular weight is 400 g/mol. The summed E-state index contributed by atoms with van der Waals surface area (Å²) in [4.78, 5) is 24.8. The number of ether oxygens (including phenoxy) is 2. The van der Waals surface area contributed by atoms with Crippen LogP contribution in [0.1, 0.15) is 22.7 Å². The van der Waals surface area contributed by atoms with E-state index in [1.165, 1.54) is 27.8 Å². The van der Waals surface area contributed by atoms with Crippen LogP contribution in [0.25, 0.3) is 11.1 Å². The van der Waals surface area contributed by atoms with Crippen molar-refractivity contribution in [3.63, 3.8) is 0 Å². The first-order valence-electron chi connectivity index (χ1n) is 9.15. The molecule has 0 spiro atoms. The molecule has 1 aliphatic heterocycles. The molecule has 4 rings (SSSR count). The highest BCUT2D eigenvalue weighted by Crippen LogP contribution is 2.52. The molecule has 0 saturated heterocycles. The van der Waals surface area contributed by atoms with E-state index in [-0.39, 0.29) is 0 Å². The van der Waals surface area contributed by atoms with Gasteiger partial charge in [0.2, 0.25) is 0 Å². The van der Waals surface area contributed by atoms with Crippen molar-refractivity contribution in [2.75, 3.05) is 27.8 Å². The number of nitrogens with one attached hydrogen (secondary N) is 1. The second-order valence-corrected chi connectivity index (χ2v) is 6.91. The Labute approximate surface area is 168 Å². The summed E-state index contributed by atoms with van der Waals surface area (Å²) >= 11 is 0. The number of fused-ring (bicyclic) bond motifs is 2. The highest BCUT2D eigenvalue weighted by atomic mass is 16.5. The first-order chi connectivity index (χ1) is 13.9. The van der Waals surface area contributed by atoms with Crippen molar-refractivity contribution in [3.8, 4) is 22.6 Å². The van der Waals surface area contributed by atoms with Crippen LogP contribution in [0.2, 0.25) is 0 Å². The number of aromatic nitrogens is 1. The van der Waals surface area contributed by atoms with Gasteiger partial charge in [-0.1, -0.05) is 0 Å². The predicted molar refractivity (Wildman–Crippen MR) is 107 cm³/mol. The molecule has 8 nitrogen and oxygen atoms in total. The molecule has 8 heteroatoms. The van der Waals surface area contributed by atoms with E-state index in [1.807, 2.05) is 0 Å². The van der Waals surface area contributed by atoms with Gasteiger partial charge in [0, 0.05) is 48.3 Å². The molecule has 1 aromatic heterocycles. The van der Waals surface area contributed by atoms with Gasteiger partial charge in [-0.15, -0.1) is 0 Å². The van der Waals surface area contributed by atoms with Gasteiger partial charge in [-0.25, -0.2) is 9.59 Å². The van der Waals surface area contributed by atoms with Gasteiger partial charge in [0.25, 0.3) is 0 Å². The van der Waals surface area contributed by atoms with Crippen LogP contribution in [0, 0.1) is 0 Å². The number of carbonyl (C=O) groups is 2. The summed E-state index contributed by atoms with van der Waals surface area (Å²) in [6.07, 6.45) is 7.43. The Kier molecular flexibility index (Phi) is 5.93. The molecule has 0 amide bonds. The SMILES string of the molecule is COc1cc2c3c(c1OC)-c1c[nH]cc1CC3N(C)CC2.O=C(O)/C=C\C(=O)O. The normalized spacial score (nSPS) is 17.0. The van der Waals surface area contributed by atoms with Gasteiger partial charge in [0.15, 0.2) is 11.5 Å². The highest BCUT2D eigenvalue weighted by molar-refractivity contribution is 5.89. The monoisotopic (exact) mass is 400 g/mol. The number of nitrogens with zero attached hydrogens (tertiary/aromatic N) is 1. The van der Waals surface area contributed by atoms with Gasteiger partial charge in [-0.2, -0.15) is 0 Å². The molecule has 2 aliphatic rings. The smallest absolute Gasteiger partial charge is 0.328 e. The highest BCUT2D eigenvalue weighted by Gasteiger charge is 2.36. The van der Waals surface area contributed by atoms with Crippen molar-refractivity contribution in [2.24, 2.45) is 0 Å². The number of hydrogen-bond donors (Lipinski definition) is 3. The predicted octanol–water partition coefficient (Wildman–Crippen LogP) is 2.50. The number of benzene rings is 1. The molecule has 154 valence electrons. The summed E-state index contributed by atoms with van der Waals surface area (Å²) in [5.41, 5.74) is 6.66. The molecular weight excluding hydrogens is 376 g/mol. The summed E-state index contributed by atoms with van der Waals surface area (Å²) in [5, 5.41) is 15.6. The lowest BCUT2D eigenvalue weighted by atomic mass is 9.78. The van der Waals surface area contributed by atoms with Crippen LogP contribution in [0.3, 0.4) is 0 Å². The fraction of sp³-hybridized carbons (Fsp3) is 0.333. The van der Waals surface area contributed by atoms with Gasteiger partial charge in [-0.05, 0) is 42.6 Å². The van der Waals surface area contributed by atoms with Crippen LogP contribution < -0.4 is 9.47 Å². The van der Waals surface area contributed by atoms with Crippen LogP contribution in [-0.2, 0) is 22.4 Å². The zero-order chi connectivity index (χ0) is 21.1. The van der Waals surface area contributed by atoms with Gasteiger partial charge < -0.3 is 24.7 Å². The van der Waals surface area contributed by atoms with Gasteiger partial charge >= 0.3 is 11.9 Å². The number of aromatic amines is 1. The lowest BCUT2D eigenvalue weighted by Gasteiger charge is -2.39. The van der Waals surface area contributed by atoms with Crippen LogP contribution in [0.5, 0.6) is 11.5 Å². The zero-order valence-electron chi connectivity index (χ0n) is 16.6. The maximum Gasteiger partial charge on any atom is 0.328 e. The van der Waals surface area contributed by atoms with Crippen molar-refractivity contribution in [1.82, 2.24) is 9.88 Å². The standard InChI is InChI=1S/C17H20N2O2.C4H4O4/c1-19-5-4-10-7-14(20-2)17(21-3)16-12-9-18-8-11(12)6-13(19)15(10)16;5-3(6)1-2-4(7)8/h7-9,13,18H,4-6H2,1-3H3;1-2H,(H,5,6)(H,7,8)/b;2-1-. The molecule has 2 aromatic rings. The van der Waals surface area contributed by atoms with Crippen molar-refractivity contribution in [1.29, 1.82) is 0 Å². The van der Waals surface area contributed by atoms with E-state index in [0.29, 0.717) is 18.2 Å². The molecule has 0 saturated carbocycles. The summed E-state index contributed by atoms with van der Waals surface area (Å²) in [7, 11) is 5.65. The fourth-order valence-corrected chi connectivity index (χ4v) is 4.00. The Hall–Kier alpha value is -3.26. The number of hydrogen-bond acceptors (Lipinski definition) is 5. The molecule has 0 bridgehead atoms. The molecule has 2 heterocycles. The van der Waals surface area contributed by atoms with E-state index >= 15 is 0 Å². The Morgan fingerprint density at radius 1 is 1.14 bits per heavy atom. The number of H-pyrrole nitrogens is 1. The third kappa shape index (κ3) is 3.97. The molecule has 1 aromatic carbocycles. The van der Waals surface area contributed by atoms with Crippen LogP contribution in [-0.4, -0.2) is 59.8 Å². The van der Waals surface area contributed by atoms with E-state index < -0.39 is 11.9 Å². The maximum absolute atomic E-state index is 9.55. The topological polar surface area (TPSA) is 112 Å². The Morgan fingerprint density at radius 3 is 2.41 bits per heavy atom. The summed E-state index contributed by atoms with van der Waals surface area (Å²) in [5.74, 6) is -0.819. The van der Waals surface area contributed by atoms with Crippen molar-refractivity contribution in [3.05, 3.63) is 47.3 Å². The molecular formula is C21H24N2O6. The summed E-state index contributed by atoms with van der Waals surface area (Å²) in [6.45, 7) is 1.09. The third-order valence-corrected chi connectivity index (χ3v) is 5.28. The van der Waals surface area contributed by atoms with Crippen LogP contribution in [0.4, 0.5) is 0 Å². The molecule has 0 radical (unpaired) electrons. The van der Waals surface area contributed by atoms with Crippen molar-refractivity contribution in [2.45, 2.75) is 18.9 Å². The molecule has 3 N–H and O–H groups in total. The molecule has 29 heavy (non-hydrogen) atoms. The quantitative estimate of drug-likeness (QED) is 0.676. The zero-order valence-corrected chi connectivity index (χ0v) is 16.6. The number of methoxy groups -OCH3 is 2. The number of aliphatic carboxylic acids is 2. The average Bonchev–Trinajstić information content (AvgIpc) is 3.17. The number of carboxylic acids is 2. The van der Waals surface area contributed by atoms with Crippen LogP contribution >= 0.6 is 0 Å². The number of carboxylic acid groups (broad SMARTS) is 2. The molecule has 0 fully saturated rings. The van der Waals surface area contributed by atoms with E-state index in [9.17, 15) is 9.59 Å². The molecule has 1 unspecified atom stereocenters. The van der Waals surface area contributed by atoms with Gasteiger partial charge in [0.05, 0.1) is 14.2 Å². The summed E-state index contributed by atoms with van der Waals surface area (Å²) < 4.78 is 11.3. The minimum atomic E-state index is -1.26. The third-order valence-electron chi connectivity index (χ3n) is 5.28.